The Balaban J connectivity index is 0.00000192. The molecule has 3 rings (SSSR count). The summed E-state index contributed by atoms with van der Waals surface area (Å²) in [7, 11) is 0. The minimum absolute atomic E-state index is 0. The molecule has 0 aromatic rings. The first kappa shape index (κ1) is 26.4. The van der Waals surface area contributed by atoms with Gasteiger partial charge >= 0.3 is 175 Å². The van der Waals surface area contributed by atoms with E-state index in [4.69, 9.17) is 16.2 Å². The maximum atomic E-state index is 8.59. The Bertz CT molecular complexity index is 784. The molecule has 25 heavy (non-hydrogen) atoms. The fourth-order valence-corrected chi connectivity index (χ4v) is 1.54. The first-order valence-corrected chi connectivity index (χ1v) is 5.37. The molecule has 3 aliphatic heterocycles. The van der Waals surface area contributed by atoms with Crippen LogP contribution in [0.3, 0.4) is 0 Å². The smallest absolute Gasteiger partial charge is 0.422 e. The van der Waals surface area contributed by atoms with Crippen LogP contribution in [0.15, 0.2) is 44.9 Å². The van der Waals surface area contributed by atoms with E-state index in [0.717, 1.165) is 0 Å². The molecule has 16 heteroatoms. The van der Waals surface area contributed by atoms with Gasteiger partial charge in [0.2, 0.25) is 17.9 Å². The first-order chi connectivity index (χ1) is 10.7. The Labute approximate surface area is 286 Å². The van der Waals surface area contributed by atoms with Crippen LogP contribution < -0.4 is 175 Å². The quantitative estimate of drug-likeness (QED) is 0.269. The molecule has 0 atom stereocenters. The predicted octanol–water partition coefficient (Wildman–Crippen LogP) is -9.29. The van der Waals surface area contributed by atoms with Crippen molar-refractivity contribution >= 4 is 53.8 Å². The Morgan fingerprint density at radius 3 is 1.08 bits per heavy atom. The van der Waals surface area contributed by atoms with Gasteiger partial charge in [-0.05, 0) is 0 Å². The van der Waals surface area contributed by atoms with Crippen LogP contribution in [-0.2, 0) is 0 Å². The Morgan fingerprint density at radius 1 is 0.560 bits per heavy atom. The molecule has 0 N–H and O–H groups in total. The van der Waals surface area contributed by atoms with Crippen molar-refractivity contribution in [3.8, 4) is 0 Å². The molecule has 0 fully saturated rings. The summed E-state index contributed by atoms with van der Waals surface area (Å²) < 4.78 is 0. The van der Waals surface area contributed by atoms with Crippen LogP contribution in [0.1, 0.15) is 0 Å². The Morgan fingerprint density at radius 2 is 0.840 bits per heavy atom. The molecular formula is C9N13Rb3. The summed E-state index contributed by atoms with van der Waals surface area (Å²) in [6.07, 6.45) is 0. The van der Waals surface area contributed by atoms with Gasteiger partial charge in [-0.25, -0.2) is 4.90 Å². The van der Waals surface area contributed by atoms with Gasteiger partial charge in [0, 0.05) is 0 Å². The molecule has 0 saturated heterocycles. The number of hydrogen-bond acceptors (Lipinski definition) is 10. The average Bonchev–Trinajstić information content (AvgIpc) is 2.47. The molecule has 0 bridgehead atoms. The van der Waals surface area contributed by atoms with Gasteiger partial charge in [0.05, 0.1) is 0 Å². The molecule has 0 aromatic carbocycles. The summed E-state index contributed by atoms with van der Waals surface area (Å²) in [4.78, 5) is 34.8. The largest absolute Gasteiger partial charge is 1.00 e. The van der Waals surface area contributed by atoms with E-state index in [1.165, 1.54) is 22.9 Å². The van der Waals surface area contributed by atoms with Crippen LogP contribution in [0.4, 0.5) is 0 Å². The molecule has 0 unspecified atom stereocenters. The van der Waals surface area contributed by atoms with E-state index >= 15 is 0 Å². The van der Waals surface area contributed by atoms with Crippen LogP contribution in [0.5, 0.6) is 0 Å². The summed E-state index contributed by atoms with van der Waals surface area (Å²) in [5.41, 5.74) is 0. The zero-order valence-corrected chi connectivity index (χ0v) is 28.1. The SMILES string of the molecule is [N-]=C=NC1=NC2=NC(N=C=[N-])=NC3=NC(N=C=[N-])=NC(=N1)N23.[Rb+].[Rb+].[Rb+]. The normalized spacial score (nSPS) is 15.6. The van der Waals surface area contributed by atoms with Crippen LogP contribution in [0, 0.1) is 0 Å². The van der Waals surface area contributed by atoms with Crippen LogP contribution in [-0.4, -0.2) is 58.7 Å². The molecule has 3 heterocycles. The predicted molar refractivity (Wildman–Crippen MR) is 78.8 cm³/mol. The van der Waals surface area contributed by atoms with E-state index in [1.54, 1.807) is 0 Å². The second kappa shape index (κ2) is 12.8. The number of nitrogens with zero attached hydrogens (tertiary/aromatic N) is 13. The van der Waals surface area contributed by atoms with Crippen molar-refractivity contribution in [2.75, 3.05) is 0 Å². The molecule has 0 aliphatic carbocycles. The van der Waals surface area contributed by atoms with Crippen molar-refractivity contribution in [3.63, 3.8) is 0 Å². The third kappa shape index (κ3) is 6.45. The van der Waals surface area contributed by atoms with Crippen molar-refractivity contribution in [3.05, 3.63) is 16.2 Å². The van der Waals surface area contributed by atoms with E-state index in [9.17, 15) is 0 Å². The molecule has 0 amide bonds. The summed E-state index contributed by atoms with van der Waals surface area (Å²) >= 11 is 0. The van der Waals surface area contributed by atoms with E-state index in [2.05, 4.69) is 44.9 Å². The minimum atomic E-state index is -0.202. The molecule has 3 aliphatic rings. The maximum Gasteiger partial charge on any atom is 1.00 e. The molecule has 0 saturated carbocycles. The van der Waals surface area contributed by atoms with Crippen LogP contribution in [0.25, 0.3) is 16.2 Å². The monoisotopic (exact) mass is 545 g/mol. The van der Waals surface area contributed by atoms with Crippen molar-refractivity contribution in [2.45, 2.75) is 0 Å². The first-order valence-electron chi connectivity index (χ1n) is 5.37. The van der Waals surface area contributed by atoms with Gasteiger partial charge in [-0.3, -0.25) is 0 Å². The van der Waals surface area contributed by atoms with Crippen molar-refractivity contribution in [1.82, 2.24) is 4.90 Å². The number of hydrogen-bond donors (Lipinski definition) is 0. The summed E-state index contributed by atoms with van der Waals surface area (Å²) in [6.45, 7) is 0. The molecule has 0 aromatic heterocycles. The van der Waals surface area contributed by atoms with E-state index in [0.29, 0.717) is 0 Å². The van der Waals surface area contributed by atoms with E-state index < -0.39 is 0 Å². The van der Waals surface area contributed by atoms with Gasteiger partial charge in [-0.15, -0.1) is 18.0 Å². The fraction of sp³-hybridized carbons (Fsp3) is 0. The van der Waals surface area contributed by atoms with Crippen molar-refractivity contribution in [1.29, 1.82) is 0 Å². The molecule has 104 valence electrons. The molecule has 13 nitrogen and oxygen atoms in total. The summed E-state index contributed by atoms with van der Waals surface area (Å²) in [5.74, 6) is -0.643. The topological polar surface area (TPSA) is 181 Å². The second-order valence-corrected chi connectivity index (χ2v) is 3.44. The summed E-state index contributed by atoms with van der Waals surface area (Å²) in [6, 6.07) is 4.60. The number of aliphatic imine (C=N–C) groups is 9. The fourth-order valence-electron chi connectivity index (χ4n) is 1.54. The van der Waals surface area contributed by atoms with E-state index in [-0.39, 0.29) is 210 Å². The number of rotatable bonds is 0. The minimum Gasteiger partial charge on any atom is -0.422 e. The summed E-state index contributed by atoms with van der Waals surface area (Å²) in [5, 5.41) is 25.8. The van der Waals surface area contributed by atoms with Gasteiger partial charge in [0.15, 0.2) is 17.9 Å². The third-order valence-electron chi connectivity index (χ3n) is 2.25. The van der Waals surface area contributed by atoms with Gasteiger partial charge in [0.25, 0.3) is 0 Å². The molecule has 0 spiro atoms. The van der Waals surface area contributed by atoms with Gasteiger partial charge in [-0.2, -0.15) is 30.0 Å². The van der Waals surface area contributed by atoms with Gasteiger partial charge < -0.3 is 31.2 Å². The standard InChI is InChI=1S/C9N13.3Rb/c10-1-13-4-16-7-18-5(14-2-11)20-9-21-6(15-3-12)19-8(17-4)22(7)9;;;/q-3;3*+1. The zero-order chi connectivity index (χ0) is 15.5. The molecule has 0 radical (unpaired) electrons. The number of guanidine groups is 6. The molecular weight excluding hydrogens is 547 g/mol. The van der Waals surface area contributed by atoms with Crippen LogP contribution in [0.2, 0.25) is 0 Å². The maximum absolute atomic E-state index is 8.59. The Hall–Kier alpha value is 1.38. The van der Waals surface area contributed by atoms with Gasteiger partial charge in [0.1, 0.15) is 0 Å². The van der Waals surface area contributed by atoms with Gasteiger partial charge in [-0.1, -0.05) is 0 Å². The van der Waals surface area contributed by atoms with Crippen LogP contribution >= 0.6 is 0 Å². The van der Waals surface area contributed by atoms with E-state index in [1.807, 2.05) is 0 Å². The average molecular weight is 547 g/mol. The third-order valence-corrected chi connectivity index (χ3v) is 2.25. The Kier molecular flexibility index (Phi) is 13.5. The van der Waals surface area contributed by atoms with Crippen molar-refractivity contribution in [2.24, 2.45) is 44.9 Å². The van der Waals surface area contributed by atoms with Crippen molar-refractivity contribution < 1.29 is 175 Å². The second-order valence-electron chi connectivity index (χ2n) is 3.44. The zero-order valence-electron chi connectivity index (χ0n) is 13.3.